The number of nitrogens with zero attached hydrogens (tertiary/aromatic N) is 1. The zero-order chi connectivity index (χ0) is 12.3. The van der Waals surface area contributed by atoms with Gasteiger partial charge in [0.1, 0.15) is 5.82 Å². The van der Waals surface area contributed by atoms with Crippen molar-refractivity contribution in [3.63, 3.8) is 0 Å². The van der Waals surface area contributed by atoms with Crippen molar-refractivity contribution in [3.8, 4) is 0 Å². The Morgan fingerprint density at radius 2 is 2.12 bits per heavy atom. The fourth-order valence-corrected chi connectivity index (χ4v) is 2.36. The second-order valence-corrected chi connectivity index (χ2v) is 4.60. The van der Waals surface area contributed by atoms with E-state index in [2.05, 4.69) is 4.90 Å². The lowest BCUT2D eigenvalue weighted by Gasteiger charge is -2.33. The Kier molecular flexibility index (Phi) is 3.84. The number of hydrogen-bond acceptors (Lipinski definition) is 3. The van der Waals surface area contributed by atoms with E-state index in [1.807, 2.05) is 0 Å². The van der Waals surface area contributed by atoms with Gasteiger partial charge in [-0.05, 0) is 37.0 Å². The number of rotatable bonds is 3. The van der Waals surface area contributed by atoms with Crippen LogP contribution in [0.3, 0.4) is 0 Å². The minimum Gasteiger partial charge on any atom is -0.399 e. The van der Waals surface area contributed by atoms with Crippen molar-refractivity contribution in [2.45, 2.75) is 12.8 Å². The van der Waals surface area contributed by atoms with Gasteiger partial charge >= 0.3 is 0 Å². The average molecular weight is 238 g/mol. The summed E-state index contributed by atoms with van der Waals surface area (Å²) in [7, 11) is 1.73. The molecular formula is C13H19FN2O. The van der Waals surface area contributed by atoms with E-state index in [-0.39, 0.29) is 5.82 Å². The molecule has 1 aromatic rings. The standard InChI is InChI=1S/C13H19FN2O/c1-17-9-10-4-6-16(7-5-10)13-3-2-11(15)8-12(13)14/h2-3,8,10H,4-7,9,15H2,1H3. The first-order valence-electron chi connectivity index (χ1n) is 5.99. The minimum atomic E-state index is -0.227. The van der Waals surface area contributed by atoms with Gasteiger partial charge in [0.25, 0.3) is 0 Å². The largest absolute Gasteiger partial charge is 0.399 e. The van der Waals surface area contributed by atoms with E-state index < -0.39 is 0 Å². The summed E-state index contributed by atoms with van der Waals surface area (Å²) in [6, 6.07) is 4.90. The van der Waals surface area contributed by atoms with Crippen LogP contribution in [0, 0.1) is 11.7 Å². The van der Waals surface area contributed by atoms with Crippen LogP contribution in [0.1, 0.15) is 12.8 Å². The molecule has 1 heterocycles. The zero-order valence-electron chi connectivity index (χ0n) is 10.2. The highest BCUT2D eigenvalue weighted by Gasteiger charge is 2.21. The van der Waals surface area contributed by atoms with Gasteiger partial charge in [-0.15, -0.1) is 0 Å². The third-order valence-electron chi connectivity index (χ3n) is 3.33. The Morgan fingerprint density at radius 3 is 2.71 bits per heavy atom. The molecule has 0 unspecified atom stereocenters. The first-order chi connectivity index (χ1) is 8.20. The van der Waals surface area contributed by atoms with Crippen molar-refractivity contribution >= 4 is 11.4 Å². The molecule has 0 spiro atoms. The van der Waals surface area contributed by atoms with Gasteiger partial charge in [0.2, 0.25) is 0 Å². The Balaban J connectivity index is 2.00. The molecule has 0 bridgehead atoms. The van der Waals surface area contributed by atoms with Crippen molar-refractivity contribution in [1.29, 1.82) is 0 Å². The number of nitrogens with two attached hydrogens (primary N) is 1. The smallest absolute Gasteiger partial charge is 0.148 e. The van der Waals surface area contributed by atoms with Gasteiger partial charge in [-0.25, -0.2) is 4.39 Å². The van der Waals surface area contributed by atoms with Gasteiger partial charge in [-0.3, -0.25) is 0 Å². The molecule has 2 rings (SSSR count). The highest BCUT2D eigenvalue weighted by atomic mass is 19.1. The first kappa shape index (κ1) is 12.2. The lowest BCUT2D eigenvalue weighted by Crippen LogP contribution is -2.35. The summed E-state index contributed by atoms with van der Waals surface area (Å²) in [6.45, 7) is 2.57. The van der Waals surface area contributed by atoms with E-state index in [4.69, 9.17) is 10.5 Å². The number of anilines is 2. The molecule has 1 saturated heterocycles. The molecule has 3 nitrogen and oxygen atoms in total. The quantitative estimate of drug-likeness (QED) is 0.821. The summed E-state index contributed by atoms with van der Waals surface area (Å²) in [5.74, 6) is 0.378. The van der Waals surface area contributed by atoms with Crippen LogP contribution in [0.15, 0.2) is 18.2 Å². The molecule has 0 saturated carbocycles. The second kappa shape index (κ2) is 5.36. The molecule has 1 aromatic carbocycles. The van der Waals surface area contributed by atoms with E-state index in [0.29, 0.717) is 17.3 Å². The van der Waals surface area contributed by atoms with E-state index in [1.165, 1.54) is 6.07 Å². The van der Waals surface area contributed by atoms with Crippen molar-refractivity contribution < 1.29 is 9.13 Å². The second-order valence-electron chi connectivity index (χ2n) is 4.60. The van der Waals surface area contributed by atoms with Crippen LogP contribution in [0.2, 0.25) is 0 Å². The third kappa shape index (κ3) is 2.88. The van der Waals surface area contributed by atoms with Crippen molar-refractivity contribution in [1.82, 2.24) is 0 Å². The average Bonchev–Trinajstić information content (AvgIpc) is 2.31. The SMILES string of the molecule is COCC1CCN(c2ccc(N)cc2F)CC1. The van der Waals surface area contributed by atoms with Crippen LogP contribution in [-0.4, -0.2) is 26.8 Å². The number of methoxy groups -OCH3 is 1. The Hall–Kier alpha value is -1.29. The summed E-state index contributed by atoms with van der Waals surface area (Å²) in [6.07, 6.45) is 2.11. The summed E-state index contributed by atoms with van der Waals surface area (Å²) < 4.78 is 18.9. The molecule has 1 aliphatic rings. The Morgan fingerprint density at radius 1 is 1.41 bits per heavy atom. The number of halogens is 1. The van der Waals surface area contributed by atoms with Gasteiger partial charge in [0.05, 0.1) is 5.69 Å². The topological polar surface area (TPSA) is 38.5 Å². The van der Waals surface area contributed by atoms with Crippen molar-refractivity contribution in [2.75, 3.05) is 37.4 Å². The van der Waals surface area contributed by atoms with Gasteiger partial charge in [-0.1, -0.05) is 0 Å². The Bertz CT molecular complexity index is 376. The van der Waals surface area contributed by atoms with Crippen molar-refractivity contribution in [3.05, 3.63) is 24.0 Å². The fourth-order valence-electron chi connectivity index (χ4n) is 2.36. The lowest BCUT2D eigenvalue weighted by atomic mass is 9.97. The van der Waals surface area contributed by atoms with E-state index in [1.54, 1.807) is 19.2 Å². The van der Waals surface area contributed by atoms with Gasteiger partial charge in [-0.2, -0.15) is 0 Å². The van der Waals surface area contributed by atoms with E-state index >= 15 is 0 Å². The third-order valence-corrected chi connectivity index (χ3v) is 3.33. The predicted octanol–water partition coefficient (Wildman–Crippen LogP) is 2.27. The van der Waals surface area contributed by atoms with Crippen LogP contribution >= 0.6 is 0 Å². The molecule has 0 amide bonds. The van der Waals surface area contributed by atoms with Gasteiger partial charge in [0, 0.05) is 32.5 Å². The highest BCUT2D eigenvalue weighted by Crippen LogP contribution is 2.26. The molecular weight excluding hydrogens is 219 g/mol. The van der Waals surface area contributed by atoms with E-state index in [0.717, 1.165) is 32.5 Å². The molecule has 1 fully saturated rings. The monoisotopic (exact) mass is 238 g/mol. The predicted molar refractivity (Wildman–Crippen MR) is 67.6 cm³/mol. The molecule has 0 aliphatic carbocycles. The number of benzene rings is 1. The fraction of sp³-hybridized carbons (Fsp3) is 0.538. The normalized spacial score (nSPS) is 17.4. The molecule has 94 valence electrons. The van der Waals surface area contributed by atoms with Crippen LogP contribution in [0.5, 0.6) is 0 Å². The summed E-state index contributed by atoms with van der Waals surface area (Å²) in [5.41, 5.74) is 6.68. The first-order valence-corrected chi connectivity index (χ1v) is 5.99. The number of ether oxygens (including phenoxy) is 1. The van der Waals surface area contributed by atoms with Crippen LogP contribution in [-0.2, 0) is 4.74 Å². The molecule has 17 heavy (non-hydrogen) atoms. The maximum absolute atomic E-state index is 13.7. The summed E-state index contributed by atoms with van der Waals surface area (Å²) >= 11 is 0. The Labute approximate surface area is 101 Å². The van der Waals surface area contributed by atoms with Crippen molar-refractivity contribution in [2.24, 2.45) is 5.92 Å². The lowest BCUT2D eigenvalue weighted by molar-refractivity contribution is 0.139. The zero-order valence-corrected chi connectivity index (χ0v) is 10.2. The molecule has 2 N–H and O–H groups in total. The number of hydrogen-bond donors (Lipinski definition) is 1. The number of nitrogen functional groups attached to an aromatic ring is 1. The van der Waals surface area contributed by atoms with Crippen LogP contribution in [0.4, 0.5) is 15.8 Å². The van der Waals surface area contributed by atoms with Crippen LogP contribution < -0.4 is 10.6 Å². The molecule has 0 radical (unpaired) electrons. The number of piperidine rings is 1. The van der Waals surface area contributed by atoms with Gasteiger partial charge < -0.3 is 15.4 Å². The summed E-state index contributed by atoms with van der Waals surface area (Å²) in [5, 5.41) is 0. The van der Waals surface area contributed by atoms with Gasteiger partial charge in [0.15, 0.2) is 0 Å². The molecule has 4 heteroatoms. The highest BCUT2D eigenvalue weighted by molar-refractivity contribution is 5.54. The molecule has 1 aliphatic heterocycles. The molecule has 0 atom stereocenters. The van der Waals surface area contributed by atoms with Crippen LogP contribution in [0.25, 0.3) is 0 Å². The maximum atomic E-state index is 13.7. The molecule has 0 aromatic heterocycles. The maximum Gasteiger partial charge on any atom is 0.148 e. The summed E-state index contributed by atoms with van der Waals surface area (Å²) in [4.78, 5) is 2.08. The minimum absolute atomic E-state index is 0.227. The van der Waals surface area contributed by atoms with E-state index in [9.17, 15) is 4.39 Å².